The van der Waals surface area contributed by atoms with E-state index in [-0.39, 0.29) is 17.7 Å². The van der Waals surface area contributed by atoms with Gasteiger partial charge < -0.3 is 14.7 Å². The van der Waals surface area contributed by atoms with Gasteiger partial charge in [0.1, 0.15) is 0 Å². The minimum absolute atomic E-state index is 0.0807. The number of benzene rings is 1. The summed E-state index contributed by atoms with van der Waals surface area (Å²) in [6.07, 6.45) is 0.993. The number of likely N-dealkylation sites (tertiary alicyclic amines) is 1. The van der Waals surface area contributed by atoms with Crippen LogP contribution in [0.1, 0.15) is 23.7 Å². The van der Waals surface area contributed by atoms with Crippen LogP contribution in [0.25, 0.3) is 0 Å². The zero-order valence-electron chi connectivity index (χ0n) is 11.1. The third-order valence-electron chi connectivity index (χ3n) is 3.75. The molecule has 5 heteroatoms. The van der Waals surface area contributed by atoms with Gasteiger partial charge in [-0.3, -0.25) is 4.79 Å². The number of aromatic hydroxyl groups is 1. The van der Waals surface area contributed by atoms with Crippen LogP contribution < -0.4 is 4.74 Å². The predicted molar refractivity (Wildman–Crippen MR) is 77.1 cm³/mol. The molecule has 1 heterocycles. The molecule has 104 valence electrons. The predicted octanol–water partition coefficient (Wildman–Crippen LogP) is 2.65. The van der Waals surface area contributed by atoms with Crippen molar-refractivity contribution in [2.45, 2.75) is 19.4 Å². The van der Waals surface area contributed by atoms with E-state index in [1.165, 1.54) is 7.11 Å². The first-order valence-electron chi connectivity index (χ1n) is 6.33. The lowest BCUT2D eigenvalue weighted by molar-refractivity contribution is 0.0735. The zero-order valence-corrected chi connectivity index (χ0v) is 12.7. The number of nitrogens with zero attached hydrogens (tertiary/aromatic N) is 1. The summed E-state index contributed by atoms with van der Waals surface area (Å²) in [5, 5.41) is 10.8. The molecule has 19 heavy (non-hydrogen) atoms. The van der Waals surface area contributed by atoms with Gasteiger partial charge in [0, 0.05) is 17.9 Å². The molecule has 0 aliphatic carbocycles. The van der Waals surface area contributed by atoms with E-state index < -0.39 is 0 Å². The molecule has 0 radical (unpaired) electrons. The summed E-state index contributed by atoms with van der Waals surface area (Å²) in [6.45, 7) is 2.87. The van der Waals surface area contributed by atoms with Gasteiger partial charge in [-0.2, -0.15) is 0 Å². The molecule has 0 bridgehead atoms. The molecule has 2 unspecified atom stereocenters. The lowest BCUT2D eigenvalue weighted by atomic mass is 10.0. The van der Waals surface area contributed by atoms with Gasteiger partial charge in [-0.1, -0.05) is 28.9 Å². The first kappa shape index (κ1) is 14.2. The summed E-state index contributed by atoms with van der Waals surface area (Å²) in [5.74, 6) is 0.581. The van der Waals surface area contributed by atoms with Crippen LogP contribution in [0.3, 0.4) is 0 Å². The maximum absolute atomic E-state index is 12.5. The van der Waals surface area contributed by atoms with E-state index in [0.717, 1.165) is 18.3 Å². The van der Waals surface area contributed by atoms with E-state index in [9.17, 15) is 9.90 Å². The van der Waals surface area contributed by atoms with E-state index in [2.05, 4.69) is 22.9 Å². The highest BCUT2D eigenvalue weighted by Crippen LogP contribution is 2.33. The molecule has 1 fully saturated rings. The second-order valence-electron chi connectivity index (χ2n) is 4.84. The number of halogens is 1. The molecule has 2 rings (SSSR count). The fraction of sp³-hybridized carbons (Fsp3) is 0.500. The quantitative estimate of drug-likeness (QED) is 0.868. The Kier molecular flexibility index (Phi) is 4.34. The first-order chi connectivity index (χ1) is 9.10. The van der Waals surface area contributed by atoms with Crippen LogP contribution in [0, 0.1) is 5.92 Å². The smallest absolute Gasteiger partial charge is 0.258 e. The number of alkyl halides is 1. The summed E-state index contributed by atoms with van der Waals surface area (Å²) in [5.41, 5.74) is 0.305. The Balaban J connectivity index is 2.30. The highest BCUT2D eigenvalue weighted by atomic mass is 79.9. The van der Waals surface area contributed by atoms with Gasteiger partial charge in [-0.25, -0.2) is 0 Å². The van der Waals surface area contributed by atoms with Crippen LogP contribution >= 0.6 is 15.9 Å². The number of amides is 1. The van der Waals surface area contributed by atoms with Gasteiger partial charge in [-0.05, 0) is 24.5 Å². The molecule has 1 aromatic rings. The van der Waals surface area contributed by atoms with Crippen molar-refractivity contribution in [3.8, 4) is 11.5 Å². The van der Waals surface area contributed by atoms with Crippen molar-refractivity contribution in [3.63, 3.8) is 0 Å². The number of phenols is 1. The SMILES string of the molecule is COc1cccc(C(=O)N2CCC(C)C2CBr)c1O. The average Bonchev–Trinajstić information content (AvgIpc) is 2.79. The number of phenolic OH excluding ortho intramolecular Hbond substituents is 1. The van der Waals surface area contributed by atoms with Gasteiger partial charge in [0.15, 0.2) is 11.5 Å². The summed E-state index contributed by atoms with van der Waals surface area (Å²) in [7, 11) is 1.47. The largest absolute Gasteiger partial charge is 0.504 e. The molecule has 2 atom stereocenters. The van der Waals surface area contributed by atoms with E-state index in [4.69, 9.17) is 4.74 Å². The van der Waals surface area contributed by atoms with Crippen LogP contribution in [-0.2, 0) is 0 Å². The molecule has 1 aromatic carbocycles. The second kappa shape index (κ2) is 5.82. The molecule has 1 saturated heterocycles. The van der Waals surface area contributed by atoms with E-state index in [0.29, 0.717) is 17.2 Å². The van der Waals surface area contributed by atoms with Crippen LogP contribution in [0.2, 0.25) is 0 Å². The lowest BCUT2D eigenvalue weighted by Crippen LogP contribution is -2.38. The Morgan fingerprint density at radius 3 is 2.95 bits per heavy atom. The van der Waals surface area contributed by atoms with Gasteiger partial charge in [0.2, 0.25) is 0 Å². The summed E-state index contributed by atoms with van der Waals surface area (Å²) < 4.78 is 5.04. The van der Waals surface area contributed by atoms with Crippen molar-refractivity contribution in [3.05, 3.63) is 23.8 Å². The molecule has 0 spiro atoms. The standard InChI is InChI=1S/C14H18BrNO3/c1-9-6-7-16(11(9)8-15)14(18)10-4-3-5-12(19-2)13(10)17/h3-5,9,11,17H,6-8H2,1-2H3. The van der Waals surface area contributed by atoms with Gasteiger partial charge in [0.05, 0.1) is 12.7 Å². The highest BCUT2D eigenvalue weighted by molar-refractivity contribution is 9.09. The molecule has 0 saturated carbocycles. The number of ether oxygens (including phenoxy) is 1. The number of carbonyl (C=O) groups excluding carboxylic acids is 1. The maximum Gasteiger partial charge on any atom is 0.258 e. The molecule has 1 amide bonds. The topological polar surface area (TPSA) is 49.8 Å². The third-order valence-corrected chi connectivity index (χ3v) is 4.41. The number of hydrogen-bond donors (Lipinski definition) is 1. The average molecular weight is 328 g/mol. The minimum Gasteiger partial charge on any atom is -0.504 e. The number of para-hydroxylation sites is 1. The van der Waals surface area contributed by atoms with Crippen molar-refractivity contribution in [1.82, 2.24) is 4.90 Å². The Morgan fingerprint density at radius 1 is 1.58 bits per heavy atom. The molecular weight excluding hydrogens is 310 g/mol. The molecule has 1 aliphatic rings. The fourth-order valence-corrected chi connectivity index (χ4v) is 3.50. The van der Waals surface area contributed by atoms with Gasteiger partial charge in [-0.15, -0.1) is 0 Å². The molecule has 0 aromatic heterocycles. The van der Waals surface area contributed by atoms with Crippen molar-refractivity contribution >= 4 is 21.8 Å². The molecule has 4 nitrogen and oxygen atoms in total. The minimum atomic E-state index is -0.134. The van der Waals surface area contributed by atoms with E-state index >= 15 is 0 Å². The zero-order chi connectivity index (χ0) is 14.0. The van der Waals surface area contributed by atoms with Crippen LogP contribution in [-0.4, -0.2) is 40.9 Å². The van der Waals surface area contributed by atoms with Crippen molar-refractivity contribution in [2.24, 2.45) is 5.92 Å². The second-order valence-corrected chi connectivity index (χ2v) is 5.49. The van der Waals surface area contributed by atoms with Crippen LogP contribution in [0.5, 0.6) is 11.5 Å². The van der Waals surface area contributed by atoms with Crippen molar-refractivity contribution in [2.75, 3.05) is 19.0 Å². The van der Waals surface area contributed by atoms with Crippen molar-refractivity contribution in [1.29, 1.82) is 0 Å². The summed E-state index contributed by atoms with van der Waals surface area (Å²) in [6, 6.07) is 5.17. The Labute approximate surface area is 121 Å². The number of hydrogen-bond acceptors (Lipinski definition) is 3. The first-order valence-corrected chi connectivity index (χ1v) is 7.45. The van der Waals surface area contributed by atoms with E-state index in [1.54, 1.807) is 18.2 Å². The van der Waals surface area contributed by atoms with Gasteiger partial charge >= 0.3 is 0 Å². The Morgan fingerprint density at radius 2 is 2.32 bits per heavy atom. The maximum atomic E-state index is 12.5. The van der Waals surface area contributed by atoms with E-state index in [1.807, 2.05) is 4.90 Å². The van der Waals surface area contributed by atoms with Crippen LogP contribution in [0.15, 0.2) is 18.2 Å². The Bertz CT molecular complexity index is 478. The molecule has 1 N–H and O–H groups in total. The number of carbonyl (C=O) groups is 1. The fourth-order valence-electron chi connectivity index (χ4n) is 2.51. The summed E-state index contributed by atoms with van der Waals surface area (Å²) in [4.78, 5) is 14.4. The van der Waals surface area contributed by atoms with Crippen LogP contribution in [0.4, 0.5) is 0 Å². The molecular formula is C14H18BrNO3. The number of methoxy groups -OCH3 is 1. The normalized spacial score (nSPS) is 22.6. The van der Waals surface area contributed by atoms with Gasteiger partial charge in [0.25, 0.3) is 5.91 Å². The lowest BCUT2D eigenvalue weighted by Gasteiger charge is -2.25. The van der Waals surface area contributed by atoms with Crippen molar-refractivity contribution < 1.29 is 14.6 Å². The highest BCUT2D eigenvalue weighted by Gasteiger charge is 2.35. The summed E-state index contributed by atoms with van der Waals surface area (Å²) >= 11 is 3.46. The third kappa shape index (κ3) is 2.56. The Hall–Kier alpha value is -1.23. The molecule has 1 aliphatic heterocycles. The monoisotopic (exact) mass is 327 g/mol. The number of rotatable bonds is 3.